The fourth-order valence-electron chi connectivity index (χ4n) is 3.17. The van der Waals surface area contributed by atoms with E-state index in [0.717, 1.165) is 35.4 Å². The van der Waals surface area contributed by atoms with E-state index in [4.69, 9.17) is 4.74 Å². The van der Waals surface area contributed by atoms with Gasteiger partial charge in [0.1, 0.15) is 5.75 Å². The van der Waals surface area contributed by atoms with Crippen LogP contribution in [0.15, 0.2) is 48.5 Å². The molecule has 1 heterocycles. The highest BCUT2D eigenvalue weighted by atomic mass is 16.5. The summed E-state index contributed by atoms with van der Waals surface area (Å²) >= 11 is 0. The Morgan fingerprint density at radius 2 is 1.96 bits per heavy atom. The zero-order valence-electron chi connectivity index (χ0n) is 14.4. The Hall–Kier alpha value is -2.53. The van der Waals surface area contributed by atoms with E-state index in [1.807, 2.05) is 53.4 Å². The summed E-state index contributed by atoms with van der Waals surface area (Å²) in [6, 6.07) is 15.5. The summed E-state index contributed by atoms with van der Waals surface area (Å²) < 4.78 is 5.42. The second-order valence-electron chi connectivity index (χ2n) is 6.32. The van der Waals surface area contributed by atoms with Gasteiger partial charge in [-0.15, -0.1) is 0 Å². The van der Waals surface area contributed by atoms with Crippen molar-refractivity contribution >= 4 is 11.7 Å². The lowest BCUT2D eigenvalue weighted by atomic mass is 9.98. The number of carbonyl (C=O) groups is 1. The van der Waals surface area contributed by atoms with Crippen molar-refractivity contribution in [3.63, 3.8) is 0 Å². The Bertz CT molecular complexity index is 724. The van der Waals surface area contributed by atoms with Gasteiger partial charge in [-0.2, -0.15) is 0 Å². The number of nitrogens with zero attached hydrogens (tertiary/aromatic N) is 1. The molecule has 1 aliphatic heterocycles. The first kappa shape index (κ1) is 17.3. The number of hydrogen-bond acceptors (Lipinski definition) is 3. The van der Waals surface area contributed by atoms with Crippen molar-refractivity contribution in [2.24, 2.45) is 5.92 Å². The number of hydrogen-bond donors (Lipinski definition) is 2. The fraction of sp³-hybridized carbons (Fsp3) is 0.350. The number of likely N-dealkylation sites (tertiary alicyclic amines) is 1. The van der Waals surface area contributed by atoms with Gasteiger partial charge >= 0.3 is 6.03 Å². The third kappa shape index (κ3) is 4.12. The van der Waals surface area contributed by atoms with E-state index < -0.39 is 0 Å². The Morgan fingerprint density at radius 3 is 2.68 bits per heavy atom. The van der Waals surface area contributed by atoms with Crippen molar-refractivity contribution in [3.8, 4) is 16.9 Å². The normalized spacial score (nSPS) is 15.0. The number of urea groups is 1. The van der Waals surface area contributed by atoms with Gasteiger partial charge in [0.05, 0.1) is 7.11 Å². The van der Waals surface area contributed by atoms with Crippen molar-refractivity contribution in [2.45, 2.75) is 12.8 Å². The van der Waals surface area contributed by atoms with Crippen molar-refractivity contribution in [3.05, 3.63) is 48.5 Å². The lowest BCUT2D eigenvalue weighted by molar-refractivity contribution is 0.143. The van der Waals surface area contributed by atoms with Gasteiger partial charge < -0.3 is 20.1 Å². The van der Waals surface area contributed by atoms with Gasteiger partial charge in [-0.1, -0.05) is 30.3 Å². The van der Waals surface area contributed by atoms with Crippen LogP contribution in [0.2, 0.25) is 0 Å². The highest BCUT2D eigenvalue weighted by Crippen LogP contribution is 2.31. The largest absolute Gasteiger partial charge is 0.496 e. The van der Waals surface area contributed by atoms with E-state index in [0.29, 0.717) is 19.0 Å². The van der Waals surface area contributed by atoms with Crippen LogP contribution in [0.3, 0.4) is 0 Å². The molecule has 0 unspecified atom stereocenters. The maximum Gasteiger partial charge on any atom is 0.321 e. The first-order valence-electron chi connectivity index (χ1n) is 8.61. The molecule has 2 N–H and O–H groups in total. The minimum absolute atomic E-state index is 0.0893. The molecule has 2 aromatic rings. The van der Waals surface area contributed by atoms with Gasteiger partial charge in [0.25, 0.3) is 0 Å². The molecule has 0 aliphatic carbocycles. The van der Waals surface area contributed by atoms with Crippen LogP contribution < -0.4 is 10.1 Å². The minimum Gasteiger partial charge on any atom is -0.496 e. The molecule has 1 aliphatic rings. The minimum atomic E-state index is -0.0893. The smallest absolute Gasteiger partial charge is 0.321 e. The number of amides is 2. The van der Waals surface area contributed by atoms with E-state index in [1.165, 1.54) is 0 Å². The Kier molecular flexibility index (Phi) is 5.56. The number of anilines is 1. The van der Waals surface area contributed by atoms with Crippen molar-refractivity contribution in [1.82, 2.24) is 4.90 Å². The second-order valence-corrected chi connectivity index (χ2v) is 6.32. The number of piperidine rings is 1. The van der Waals surface area contributed by atoms with Crippen LogP contribution in [0.1, 0.15) is 12.8 Å². The number of benzene rings is 2. The van der Waals surface area contributed by atoms with Gasteiger partial charge in [0.2, 0.25) is 0 Å². The maximum absolute atomic E-state index is 12.5. The van der Waals surface area contributed by atoms with E-state index >= 15 is 0 Å². The van der Waals surface area contributed by atoms with E-state index in [9.17, 15) is 9.90 Å². The average Bonchev–Trinajstić information content (AvgIpc) is 2.68. The Balaban J connectivity index is 1.71. The molecule has 0 atom stereocenters. The highest BCUT2D eigenvalue weighted by Gasteiger charge is 2.22. The van der Waals surface area contributed by atoms with Gasteiger partial charge in [0, 0.05) is 30.9 Å². The molecule has 3 rings (SSSR count). The topological polar surface area (TPSA) is 61.8 Å². The van der Waals surface area contributed by atoms with Crippen LogP contribution in [0.4, 0.5) is 10.5 Å². The zero-order valence-corrected chi connectivity index (χ0v) is 14.4. The molecule has 132 valence electrons. The average molecular weight is 340 g/mol. The van der Waals surface area contributed by atoms with Crippen molar-refractivity contribution in [2.75, 3.05) is 32.1 Å². The first-order chi connectivity index (χ1) is 12.2. The molecule has 0 saturated carbocycles. The summed E-state index contributed by atoms with van der Waals surface area (Å²) in [5.74, 6) is 1.12. The molecular formula is C20H24N2O3. The number of aliphatic hydroxyl groups excluding tert-OH is 1. The van der Waals surface area contributed by atoms with Crippen LogP contribution >= 0.6 is 0 Å². The van der Waals surface area contributed by atoms with Gasteiger partial charge in [-0.05, 0) is 42.5 Å². The molecule has 0 aromatic heterocycles. The molecule has 25 heavy (non-hydrogen) atoms. The van der Waals surface area contributed by atoms with Crippen LogP contribution in [0, 0.1) is 5.92 Å². The van der Waals surface area contributed by atoms with Gasteiger partial charge in [-0.25, -0.2) is 4.79 Å². The summed E-state index contributed by atoms with van der Waals surface area (Å²) in [4.78, 5) is 14.3. The van der Waals surface area contributed by atoms with Crippen LogP contribution in [-0.4, -0.2) is 42.8 Å². The summed E-state index contributed by atoms with van der Waals surface area (Å²) in [5.41, 5.74) is 2.75. The third-order valence-corrected chi connectivity index (χ3v) is 4.69. The van der Waals surface area contributed by atoms with Gasteiger partial charge in [0.15, 0.2) is 0 Å². The summed E-state index contributed by atoms with van der Waals surface area (Å²) in [6.45, 7) is 1.57. The molecule has 1 saturated heterocycles. The maximum atomic E-state index is 12.5. The zero-order chi connectivity index (χ0) is 17.6. The number of methoxy groups -OCH3 is 1. The van der Waals surface area contributed by atoms with Crippen LogP contribution in [-0.2, 0) is 0 Å². The monoisotopic (exact) mass is 340 g/mol. The third-order valence-electron chi connectivity index (χ3n) is 4.69. The molecule has 0 bridgehead atoms. The van der Waals surface area contributed by atoms with E-state index in [-0.39, 0.29) is 12.6 Å². The van der Waals surface area contributed by atoms with Gasteiger partial charge in [-0.3, -0.25) is 0 Å². The molecule has 5 heteroatoms. The molecule has 5 nitrogen and oxygen atoms in total. The lowest BCUT2D eigenvalue weighted by Crippen LogP contribution is -2.41. The van der Waals surface area contributed by atoms with E-state index in [2.05, 4.69) is 5.32 Å². The van der Waals surface area contributed by atoms with E-state index in [1.54, 1.807) is 7.11 Å². The lowest BCUT2D eigenvalue weighted by Gasteiger charge is -2.31. The predicted octanol–water partition coefficient (Wildman–Crippen LogP) is 3.60. The molecular weight excluding hydrogens is 316 g/mol. The van der Waals surface area contributed by atoms with Crippen LogP contribution in [0.25, 0.3) is 11.1 Å². The fourth-order valence-corrected chi connectivity index (χ4v) is 3.17. The predicted molar refractivity (Wildman–Crippen MR) is 98.8 cm³/mol. The Morgan fingerprint density at radius 1 is 1.20 bits per heavy atom. The number of ether oxygens (including phenoxy) is 1. The number of carbonyl (C=O) groups excluding carboxylic acids is 1. The second kappa shape index (κ2) is 8.03. The van der Waals surface area contributed by atoms with Crippen molar-refractivity contribution in [1.29, 1.82) is 0 Å². The number of rotatable bonds is 4. The summed E-state index contributed by atoms with van der Waals surface area (Å²) in [5, 5.41) is 12.2. The summed E-state index contributed by atoms with van der Waals surface area (Å²) in [6.07, 6.45) is 1.70. The quantitative estimate of drug-likeness (QED) is 0.894. The highest BCUT2D eigenvalue weighted by molar-refractivity contribution is 5.90. The van der Waals surface area contributed by atoms with Crippen LogP contribution in [0.5, 0.6) is 5.75 Å². The summed E-state index contributed by atoms with van der Waals surface area (Å²) in [7, 11) is 1.65. The number of para-hydroxylation sites is 1. The standard InChI is InChI=1S/C20H24N2O3/c1-25-19-8-3-2-7-18(19)16-5-4-6-17(13-16)21-20(24)22-11-9-15(14-23)10-12-22/h2-8,13,15,23H,9-12,14H2,1H3,(H,21,24). The Labute approximate surface area is 148 Å². The SMILES string of the molecule is COc1ccccc1-c1cccc(NC(=O)N2CCC(CO)CC2)c1. The van der Waals surface area contributed by atoms with Crippen molar-refractivity contribution < 1.29 is 14.6 Å². The molecule has 2 amide bonds. The molecule has 2 aromatic carbocycles. The first-order valence-corrected chi connectivity index (χ1v) is 8.61. The molecule has 0 spiro atoms. The number of aliphatic hydroxyl groups is 1. The number of nitrogens with one attached hydrogen (secondary N) is 1. The molecule has 0 radical (unpaired) electrons. The molecule has 1 fully saturated rings.